The quantitative estimate of drug-likeness (QED) is 0.575. The highest BCUT2D eigenvalue weighted by Gasteiger charge is 2.16. The second-order valence-electron chi connectivity index (χ2n) is 4.56. The fourth-order valence-corrected chi connectivity index (χ4v) is 2.31. The van der Waals surface area contributed by atoms with E-state index in [0.717, 1.165) is 11.7 Å². The zero-order valence-electron chi connectivity index (χ0n) is 10.1. The van der Waals surface area contributed by atoms with Crippen LogP contribution in [0.2, 0.25) is 0 Å². The largest absolute Gasteiger partial charge is 0.360 e. The number of hydrogen-bond donors (Lipinski definition) is 1. The molecule has 1 fully saturated rings. The summed E-state index contributed by atoms with van der Waals surface area (Å²) in [5, 5.41) is 4.41. The van der Waals surface area contributed by atoms with E-state index in [2.05, 4.69) is 24.2 Å². The van der Waals surface area contributed by atoms with Crippen LogP contribution in [-0.2, 0) is 0 Å². The molecular weight excluding hydrogens is 204 g/mol. The molecule has 0 heterocycles. The minimum absolute atomic E-state index is 0.645. The summed E-state index contributed by atoms with van der Waals surface area (Å²) in [6.45, 7) is 3.32. The molecule has 0 saturated heterocycles. The number of nitrogens with zero attached hydrogens (tertiary/aromatic N) is 1. The zero-order chi connectivity index (χ0) is 11.1. The molecule has 0 bridgehead atoms. The Labute approximate surface area is 99.4 Å². The van der Waals surface area contributed by atoms with Gasteiger partial charge < -0.3 is 10.2 Å². The second kappa shape index (κ2) is 7.04. The van der Waals surface area contributed by atoms with Crippen molar-refractivity contribution >= 4 is 17.3 Å². The number of rotatable bonds is 5. The molecule has 1 saturated carbocycles. The maximum Gasteiger partial charge on any atom is 0.168 e. The molecule has 3 heteroatoms. The standard InChI is InChI=1S/C12H24N2S/c1-3-4-7-10-14(2)12(15)13-11-8-5-6-9-11/h11H,3-10H2,1-2H3,(H,13,15). The van der Waals surface area contributed by atoms with Gasteiger partial charge in [-0.05, 0) is 31.5 Å². The summed E-state index contributed by atoms with van der Waals surface area (Å²) in [7, 11) is 2.10. The molecule has 1 rings (SSSR count). The van der Waals surface area contributed by atoms with Crippen molar-refractivity contribution in [2.75, 3.05) is 13.6 Å². The van der Waals surface area contributed by atoms with Crippen LogP contribution in [0, 0.1) is 0 Å². The van der Waals surface area contributed by atoms with Gasteiger partial charge in [0.1, 0.15) is 0 Å². The molecule has 0 aromatic carbocycles. The molecule has 1 N–H and O–H groups in total. The predicted octanol–water partition coefficient (Wildman–Crippen LogP) is 2.93. The molecule has 1 aliphatic carbocycles. The summed E-state index contributed by atoms with van der Waals surface area (Å²) in [6, 6.07) is 0.645. The molecule has 0 aromatic rings. The van der Waals surface area contributed by atoms with Crippen molar-refractivity contribution in [1.82, 2.24) is 10.2 Å². The maximum absolute atomic E-state index is 5.38. The van der Waals surface area contributed by atoms with Gasteiger partial charge in [-0.25, -0.2) is 0 Å². The van der Waals surface area contributed by atoms with Crippen molar-refractivity contribution in [2.24, 2.45) is 0 Å². The minimum Gasteiger partial charge on any atom is -0.360 e. The van der Waals surface area contributed by atoms with E-state index in [0.29, 0.717) is 6.04 Å². The van der Waals surface area contributed by atoms with Crippen LogP contribution < -0.4 is 5.32 Å². The molecule has 88 valence electrons. The molecule has 0 radical (unpaired) electrons. The van der Waals surface area contributed by atoms with Crippen LogP contribution in [0.5, 0.6) is 0 Å². The minimum atomic E-state index is 0.645. The average Bonchev–Trinajstić information content (AvgIpc) is 2.70. The first-order valence-corrected chi connectivity index (χ1v) is 6.66. The van der Waals surface area contributed by atoms with E-state index in [-0.39, 0.29) is 0 Å². The summed E-state index contributed by atoms with van der Waals surface area (Å²) in [6.07, 6.45) is 9.14. The third-order valence-electron chi connectivity index (χ3n) is 3.13. The lowest BCUT2D eigenvalue weighted by Gasteiger charge is -2.23. The Morgan fingerprint density at radius 2 is 2.00 bits per heavy atom. The van der Waals surface area contributed by atoms with Crippen molar-refractivity contribution in [3.8, 4) is 0 Å². The van der Waals surface area contributed by atoms with Gasteiger partial charge in [0.15, 0.2) is 5.11 Å². The van der Waals surface area contributed by atoms with Crippen LogP contribution in [0.25, 0.3) is 0 Å². The molecule has 15 heavy (non-hydrogen) atoms. The Hall–Kier alpha value is -0.310. The van der Waals surface area contributed by atoms with Gasteiger partial charge in [-0.15, -0.1) is 0 Å². The van der Waals surface area contributed by atoms with Gasteiger partial charge in [0.25, 0.3) is 0 Å². The summed E-state index contributed by atoms with van der Waals surface area (Å²) in [5.41, 5.74) is 0. The van der Waals surface area contributed by atoms with Crippen LogP contribution in [0.15, 0.2) is 0 Å². The third-order valence-corrected chi connectivity index (χ3v) is 3.56. The normalized spacial score (nSPS) is 16.7. The Morgan fingerprint density at radius 1 is 1.33 bits per heavy atom. The van der Waals surface area contributed by atoms with E-state index in [4.69, 9.17) is 12.2 Å². The van der Waals surface area contributed by atoms with Crippen LogP contribution in [0.1, 0.15) is 51.9 Å². The monoisotopic (exact) mass is 228 g/mol. The summed E-state index contributed by atoms with van der Waals surface area (Å²) >= 11 is 5.38. The van der Waals surface area contributed by atoms with Crippen LogP contribution in [0.4, 0.5) is 0 Å². The first-order valence-electron chi connectivity index (χ1n) is 6.25. The topological polar surface area (TPSA) is 15.3 Å². The molecule has 0 unspecified atom stereocenters. The second-order valence-corrected chi connectivity index (χ2v) is 4.95. The Morgan fingerprint density at radius 3 is 2.60 bits per heavy atom. The van der Waals surface area contributed by atoms with Crippen molar-refractivity contribution in [3.05, 3.63) is 0 Å². The molecule has 0 atom stereocenters. The fraction of sp³-hybridized carbons (Fsp3) is 0.917. The zero-order valence-corrected chi connectivity index (χ0v) is 10.9. The first kappa shape index (κ1) is 12.8. The van der Waals surface area contributed by atoms with Crippen molar-refractivity contribution in [3.63, 3.8) is 0 Å². The SMILES string of the molecule is CCCCCN(C)C(=S)NC1CCCC1. The van der Waals surface area contributed by atoms with Gasteiger partial charge in [-0.3, -0.25) is 0 Å². The van der Waals surface area contributed by atoms with Crippen molar-refractivity contribution in [1.29, 1.82) is 0 Å². The van der Waals surface area contributed by atoms with Gasteiger partial charge in [0, 0.05) is 19.6 Å². The first-order chi connectivity index (χ1) is 7.24. The molecule has 0 aromatic heterocycles. The Kier molecular flexibility index (Phi) is 5.99. The number of unbranched alkanes of at least 4 members (excludes halogenated alkanes) is 2. The lowest BCUT2D eigenvalue weighted by molar-refractivity contribution is 0.455. The summed E-state index contributed by atoms with van der Waals surface area (Å²) in [4.78, 5) is 2.18. The van der Waals surface area contributed by atoms with Gasteiger partial charge >= 0.3 is 0 Å². The number of thiocarbonyl (C=S) groups is 1. The molecule has 1 aliphatic rings. The van der Waals surface area contributed by atoms with Gasteiger partial charge in [-0.1, -0.05) is 32.6 Å². The molecule has 0 spiro atoms. The predicted molar refractivity (Wildman–Crippen MR) is 70.1 cm³/mol. The van der Waals surface area contributed by atoms with Crippen LogP contribution in [0.3, 0.4) is 0 Å². The highest BCUT2D eigenvalue weighted by molar-refractivity contribution is 7.80. The highest BCUT2D eigenvalue weighted by Crippen LogP contribution is 2.17. The molecule has 0 amide bonds. The summed E-state index contributed by atoms with van der Waals surface area (Å²) in [5.74, 6) is 0. The molecule has 0 aliphatic heterocycles. The van der Waals surface area contributed by atoms with Crippen molar-refractivity contribution < 1.29 is 0 Å². The lowest BCUT2D eigenvalue weighted by Crippen LogP contribution is -2.42. The molecule has 2 nitrogen and oxygen atoms in total. The van der Waals surface area contributed by atoms with Crippen LogP contribution in [-0.4, -0.2) is 29.6 Å². The molecular formula is C12H24N2S. The Bertz CT molecular complexity index is 188. The third kappa shape index (κ3) is 4.83. The van der Waals surface area contributed by atoms with E-state index in [9.17, 15) is 0 Å². The summed E-state index contributed by atoms with van der Waals surface area (Å²) < 4.78 is 0. The number of hydrogen-bond acceptors (Lipinski definition) is 1. The maximum atomic E-state index is 5.38. The fourth-order valence-electron chi connectivity index (χ4n) is 2.06. The van der Waals surface area contributed by atoms with E-state index < -0.39 is 0 Å². The Balaban J connectivity index is 2.14. The highest BCUT2D eigenvalue weighted by atomic mass is 32.1. The van der Waals surface area contributed by atoms with E-state index >= 15 is 0 Å². The van der Waals surface area contributed by atoms with Gasteiger partial charge in [0.2, 0.25) is 0 Å². The van der Waals surface area contributed by atoms with Gasteiger partial charge in [0.05, 0.1) is 0 Å². The number of nitrogens with one attached hydrogen (secondary N) is 1. The van der Waals surface area contributed by atoms with E-state index in [1.54, 1.807) is 0 Å². The van der Waals surface area contributed by atoms with Crippen molar-refractivity contribution in [2.45, 2.75) is 57.9 Å². The van der Waals surface area contributed by atoms with Crippen LogP contribution >= 0.6 is 12.2 Å². The lowest BCUT2D eigenvalue weighted by atomic mass is 10.2. The van der Waals surface area contributed by atoms with Gasteiger partial charge in [-0.2, -0.15) is 0 Å². The van der Waals surface area contributed by atoms with E-state index in [1.807, 2.05) is 0 Å². The smallest absolute Gasteiger partial charge is 0.168 e. The van der Waals surface area contributed by atoms with E-state index in [1.165, 1.54) is 44.9 Å². The average molecular weight is 228 g/mol.